The number of hydrogen-bond donors (Lipinski definition) is 0. The highest BCUT2D eigenvalue weighted by atomic mass is 32.1. The van der Waals surface area contributed by atoms with Gasteiger partial charge in [0.15, 0.2) is 17.5 Å². The predicted molar refractivity (Wildman–Crippen MR) is 236 cm³/mol. The van der Waals surface area contributed by atoms with Gasteiger partial charge in [0.1, 0.15) is 11.2 Å². The van der Waals surface area contributed by atoms with E-state index in [9.17, 15) is 0 Å². The van der Waals surface area contributed by atoms with Crippen LogP contribution in [-0.4, -0.2) is 19.5 Å². The molecule has 4 heterocycles. The van der Waals surface area contributed by atoms with Crippen LogP contribution in [0.4, 0.5) is 0 Å². The quantitative estimate of drug-likeness (QED) is 0.176. The largest absolute Gasteiger partial charge is 0.456 e. The molecule has 6 heteroatoms. The summed E-state index contributed by atoms with van der Waals surface area (Å²) in [6, 6.07) is 63.7. The summed E-state index contributed by atoms with van der Waals surface area (Å²) in [5.41, 5.74) is 10.3. The average Bonchev–Trinajstić information content (AvgIpc) is 3.96. The topological polar surface area (TPSA) is 56.7 Å². The Bertz CT molecular complexity index is 3420. The number of fused-ring (bicyclic) bond motifs is 9. The zero-order chi connectivity index (χ0) is 37.5. The number of rotatable bonds is 5. The SMILES string of the molecule is c1ccc(-c2nc(-c3ccccc3)nc(-c3cccc4sc5ccc(-c6ccc7c(c6)oc6cccc(-n8c9ccccc9c9ccccc98)c67)cc5c34)n2)cc1. The van der Waals surface area contributed by atoms with Gasteiger partial charge in [-0.05, 0) is 65.7 Å². The molecule has 0 bridgehead atoms. The van der Waals surface area contributed by atoms with Crippen LogP contribution in [0.2, 0.25) is 0 Å². The van der Waals surface area contributed by atoms with E-state index >= 15 is 0 Å². The van der Waals surface area contributed by atoms with Gasteiger partial charge in [-0.3, -0.25) is 0 Å². The number of aromatic nitrogens is 4. The minimum atomic E-state index is 0.650. The normalized spacial score (nSPS) is 11.9. The Morgan fingerprint density at radius 3 is 1.72 bits per heavy atom. The van der Waals surface area contributed by atoms with Crippen LogP contribution in [0.25, 0.3) is 115 Å². The van der Waals surface area contributed by atoms with E-state index in [1.54, 1.807) is 11.3 Å². The molecular formula is C51H30N4OS. The van der Waals surface area contributed by atoms with Crippen molar-refractivity contribution in [2.24, 2.45) is 0 Å². The Morgan fingerprint density at radius 2 is 1.00 bits per heavy atom. The first-order valence-corrected chi connectivity index (χ1v) is 19.8. The number of thiophene rings is 1. The van der Waals surface area contributed by atoms with E-state index in [-0.39, 0.29) is 0 Å². The molecule has 12 rings (SSSR count). The minimum Gasteiger partial charge on any atom is -0.456 e. The fourth-order valence-electron chi connectivity index (χ4n) is 8.48. The van der Waals surface area contributed by atoms with Crippen LogP contribution in [0.5, 0.6) is 0 Å². The Kier molecular flexibility index (Phi) is 7.03. The molecule has 0 amide bonds. The number of benzene rings is 8. The second kappa shape index (κ2) is 12.6. The molecule has 0 fully saturated rings. The maximum absolute atomic E-state index is 6.66. The fourth-order valence-corrected chi connectivity index (χ4v) is 9.59. The lowest BCUT2D eigenvalue weighted by molar-refractivity contribution is 0.669. The molecule has 0 atom stereocenters. The predicted octanol–water partition coefficient (Wildman–Crippen LogP) is 13.9. The van der Waals surface area contributed by atoms with Gasteiger partial charge >= 0.3 is 0 Å². The van der Waals surface area contributed by atoms with E-state index in [1.165, 1.54) is 36.6 Å². The second-order valence-corrected chi connectivity index (χ2v) is 15.4. The van der Waals surface area contributed by atoms with Crippen LogP contribution in [-0.2, 0) is 0 Å². The van der Waals surface area contributed by atoms with Crippen molar-refractivity contribution < 1.29 is 4.42 Å². The average molecular weight is 747 g/mol. The maximum Gasteiger partial charge on any atom is 0.164 e. The molecule has 0 aliphatic carbocycles. The lowest BCUT2D eigenvalue weighted by Gasteiger charge is -2.10. The third-order valence-electron chi connectivity index (χ3n) is 11.1. The molecule has 0 N–H and O–H groups in total. The van der Waals surface area contributed by atoms with Crippen molar-refractivity contribution in [3.63, 3.8) is 0 Å². The first-order valence-electron chi connectivity index (χ1n) is 19.0. The summed E-state index contributed by atoms with van der Waals surface area (Å²) in [7, 11) is 0. The van der Waals surface area contributed by atoms with Crippen molar-refractivity contribution in [1.82, 2.24) is 19.5 Å². The fraction of sp³-hybridized carbons (Fsp3) is 0. The second-order valence-electron chi connectivity index (χ2n) is 14.4. The highest BCUT2D eigenvalue weighted by Crippen LogP contribution is 2.43. The molecule has 0 saturated heterocycles. The van der Waals surface area contributed by atoms with Gasteiger partial charge in [-0.1, -0.05) is 127 Å². The highest BCUT2D eigenvalue weighted by molar-refractivity contribution is 7.26. The lowest BCUT2D eigenvalue weighted by Crippen LogP contribution is -2.00. The van der Waals surface area contributed by atoms with Gasteiger partial charge in [-0.2, -0.15) is 0 Å². The van der Waals surface area contributed by atoms with Crippen LogP contribution in [0.1, 0.15) is 0 Å². The van der Waals surface area contributed by atoms with E-state index in [4.69, 9.17) is 19.4 Å². The third-order valence-corrected chi connectivity index (χ3v) is 12.2. The lowest BCUT2D eigenvalue weighted by atomic mass is 9.99. The Labute approximate surface area is 330 Å². The number of furan rings is 1. The van der Waals surface area contributed by atoms with E-state index in [0.717, 1.165) is 60.8 Å². The van der Waals surface area contributed by atoms with Crippen molar-refractivity contribution >= 4 is 75.3 Å². The summed E-state index contributed by atoms with van der Waals surface area (Å²) in [6.45, 7) is 0. The summed E-state index contributed by atoms with van der Waals surface area (Å²) in [5.74, 6) is 1.95. The summed E-state index contributed by atoms with van der Waals surface area (Å²) in [6.07, 6.45) is 0. The Hall–Kier alpha value is -7.41. The summed E-state index contributed by atoms with van der Waals surface area (Å²) < 4.78 is 11.4. The van der Waals surface area contributed by atoms with E-state index in [0.29, 0.717) is 17.5 Å². The van der Waals surface area contributed by atoms with Crippen LogP contribution >= 0.6 is 11.3 Å². The van der Waals surface area contributed by atoms with Crippen LogP contribution in [0.3, 0.4) is 0 Å². The molecule has 0 saturated carbocycles. The number of hydrogen-bond acceptors (Lipinski definition) is 5. The first kappa shape index (κ1) is 31.9. The summed E-state index contributed by atoms with van der Waals surface area (Å²) in [4.78, 5) is 15.1. The third kappa shape index (κ3) is 5.04. The molecule has 12 aromatic rings. The van der Waals surface area contributed by atoms with E-state index in [1.807, 2.05) is 60.7 Å². The van der Waals surface area contributed by atoms with Gasteiger partial charge in [0.2, 0.25) is 0 Å². The molecule has 0 radical (unpaired) electrons. The van der Waals surface area contributed by atoms with E-state index in [2.05, 4.69) is 126 Å². The van der Waals surface area contributed by atoms with Gasteiger partial charge in [0.25, 0.3) is 0 Å². The molecular weight excluding hydrogens is 717 g/mol. The molecule has 0 aliphatic heterocycles. The standard InChI is InChI=1S/C51H30N4OS/c1-3-13-31(14-4-1)49-52-50(32-15-5-2-6-16-32)54-51(53-49)38-19-11-24-46-47(38)39-29-33(26-28-45(39)57-46)34-25-27-37-44(30-34)56-43-23-12-22-42(48(37)43)55-40-20-9-7-17-35(40)36-18-8-10-21-41(36)55/h1-30H. The molecule has 57 heavy (non-hydrogen) atoms. The molecule has 0 spiro atoms. The van der Waals surface area contributed by atoms with Crippen molar-refractivity contribution in [2.45, 2.75) is 0 Å². The van der Waals surface area contributed by atoms with Gasteiger partial charge in [0, 0.05) is 53.0 Å². The van der Waals surface area contributed by atoms with Crippen molar-refractivity contribution in [3.05, 3.63) is 182 Å². The van der Waals surface area contributed by atoms with Crippen molar-refractivity contribution in [1.29, 1.82) is 0 Å². The van der Waals surface area contributed by atoms with Crippen molar-refractivity contribution in [2.75, 3.05) is 0 Å². The van der Waals surface area contributed by atoms with Crippen molar-refractivity contribution in [3.8, 4) is 51.0 Å². The minimum absolute atomic E-state index is 0.650. The Balaban J connectivity index is 1.02. The van der Waals surface area contributed by atoms with E-state index < -0.39 is 0 Å². The number of nitrogens with zero attached hydrogens (tertiary/aromatic N) is 4. The van der Waals surface area contributed by atoms with Gasteiger partial charge in [0.05, 0.1) is 22.1 Å². The van der Waals surface area contributed by atoms with Crippen LogP contribution < -0.4 is 0 Å². The zero-order valence-corrected chi connectivity index (χ0v) is 31.2. The molecule has 266 valence electrons. The molecule has 0 unspecified atom stereocenters. The smallest absolute Gasteiger partial charge is 0.164 e. The molecule has 8 aromatic carbocycles. The van der Waals surface area contributed by atoms with Gasteiger partial charge in [-0.25, -0.2) is 15.0 Å². The first-order chi connectivity index (χ1) is 28.2. The molecule has 4 aromatic heterocycles. The maximum atomic E-state index is 6.66. The summed E-state index contributed by atoms with van der Waals surface area (Å²) >= 11 is 1.79. The highest BCUT2D eigenvalue weighted by Gasteiger charge is 2.20. The monoisotopic (exact) mass is 746 g/mol. The van der Waals surface area contributed by atoms with Gasteiger partial charge in [-0.15, -0.1) is 11.3 Å². The van der Waals surface area contributed by atoms with Gasteiger partial charge < -0.3 is 8.98 Å². The number of para-hydroxylation sites is 2. The molecule has 5 nitrogen and oxygen atoms in total. The summed E-state index contributed by atoms with van der Waals surface area (Å²) in [5, 5.41) is 6.99. The zero-order valence-electron chi connectivity index (χ0n) is 30.4. The molecule has 0 aliphatic rings. The van der Waals surface area contributed by atoms with Crippen LogP contribution in [0.15, 0.2) is 186 Å². The Morgan fingerprint density at radius 1 is 0.386 bits per heavy atom. The van der Waals surface area contributed by atoms with Crippen LogP contribution in [0, 0.1) is 0 Å².